The molecule has 2 aromatic heterocycles. The van der Waals surface area contributed by atoms with E-state index >= 15 is 0 Å². The Morgan fingerprint density at radius 3 is 2.77 bits per heavy atom. The van der Waals surface area contributed by atoms with E-state index in [9.17, 15) is 18.0 Å². The lowest BCUT2D eigenvalue weighted by Gasteiger charge is -2.02. The van der Waals surface area contributed by atoms with Gasteiger partial charge in [-0.05, 0) is 24.6 Å². The average Bonchev–Trinajstić information content (AvgIpc) is 2.78. The molecule has 114 valence electrons. The maximum atomic E-state index is 12.2. The number of rotatable bonds is 3. The van der Waals surface area contributed by atoms with Gasteiger partial charge in [-0.2, -0.15) is 0 Å². The summed E-state index contributed by atoms with van der Waals surface area (Å²) in [5.41, 5.74) is -0.0843. The molecule has 0 spiro atoms. The van der Waals surface area contributed by atoms with E-state index in [2.05, 4.69) is 14.7 Å². The molecule has 0 atom stereocenters. The minimum Gasteiger partial charge on any atom is -0.313 e. The van der Waals surface area contributed by atoms with Crippen LogP contribution in [0.25, 0.3) is 10.2 Å². The molecule has 0 aliphatic heterocycles. The number of nitrogens with one attached hydrogen (secondary N) is 3. The summed E-state index contributed by atoms with van der Waals surface area (Å²) >= 11 is 1.16. The summed E-state index contributed by atoms with van der Waals surface area (Å²) in [6.45, 7) is 1.92. The smallest absolute Gasteiger partial charge is 0.313 e. The molecule has 1 aromatic carbocycles. The molecule has 3 N–H and O–H groups in total. The van der Waals surface area contributed by atoms with Crippen LogP contribution >= 0.6 is 11.3 Å². The molecular formula is C12H10N4O4S2. The maximum absolute atomic E-state index is 12.2. The molecule has 0 aliphatic rings. The standard InChI is InChI=1S/C12H10N4O4S2/c1-6-2-3-7-8(4-6)21-12(14-7)16-22(19,20)9-5-13-11(18)15-10(9)17/h2-5H,1H3,(H,14,16)(H2,13,15,17,18). The lowest BCUT2D eigenvalue weighted by molar-refractivity contribution is 0.599. The highest BCUT2D eigenvalue weighted by Crippen LogP contribution is 2.27. The minimum absolute atomic E-state index is 0.145. The Morgan fingerprint density at radius 2 is 2.05 bits per heavy atom. The minimum atomic E-state index is -4.13. The maximum Gasteiger partial charge on any atom is 0.325 e. The van der Waals surface area contributed by atoms with Crippen molar-refractivity contribution in [1.82, 2.24) is 15.0 Å². The third-order valence-corrected chi connectivity index (χ3v) is 5.25. The van der Waals surface area contributed by atoms with Crippen LogP contribution in [0, 0.1) is 6.92 Å². The van der Waals surface area contributed by atoms with Crippen LogP contribution in [0.4, 0.5) is 5.13 Å². The van der Waals surface area contributed by atoms with E-state index in [4.69, 9.17) is 0 Å². The largest absolute Gasteiger partial charge is 0.325 e. The van der Waals surface area contributed by atoms with Gasteiger partial charge >= 0.3 is 5.69 Å². The van der Waals surface area contributed by atoms with Gasteiger partial charge < -0.3 is 4.98 Å². The van der Waals surface area contributed by atoms with Crippen LogP contribution in [0.2, 0.25) is 0 Å². The van der Waals surface area contributed by atoms with E-state index in [1.54, 1.807) is 6.07 Å². The Bertz CT molecular complexity index is 1080. The SMILES string of the molecule is Cc1ccc2nc(NS(=O)(=O)c3c[nH]c(=O)[nH]c3=O)sc2c1. The highest BCUT2D eigenvalue weighted by molar-refractivity contribution is 7.93. The number of H-pyrrole nitrogens is 2. The Morgan fingerprint density at radius 1 is 1.27 bits per heavy atom. The number of aryl methyl sites for hydroxylation is 1. The number of hydrogen-bond acceptors (Lipinski definition) is 6. The van der Waals surface area contributed by atoms with Crippen molar-refractivity contribution in [2.45, 2.75) is 11.8 Å². The van der Waals surface area contributed by atoms with Crippen molar-refractivity contribution in [1.29, 1.82) is 0 Å². The molecule has 8 nitrogen and oxygen atoms in total. The molecule has 0 aliphatic carbocycles. The molecule has 0 saturated carbocycles. The summed E-state index contributed by atoms with van der Waals surface area (Å²) in [4.78, 5) is 30.1. The molecule has 0 saturated heterocycles. The third kappa shape index (κ3) is 2.65. The van der Waals surface area contributed by atoms with Crippen molar-refractivity contribution in [2.24, 2.45) is 0 Å². The molecule has 3 rings (SSSR count). The Hall–Kier alpha value is -2.46. The van der Waals surface area contributed by atoms with E-state index < -0.39 is 26.2 Å². The van der Waals surface area contributed by atoms with Gasteiger partial charge in [-0.1, -0.05) is 17.4 Å². The number of benzene rings is 1. The fraction of sp³-hybridized carbons (Fsp3) is 0.0833. The topological polar surface area (TPSA) is 125 Å². The molecule has 0 radical (unpaired) electrons. The van der Waals surface area contributed by atoms with Gasteiger partial charge in [0, 0.05) is 6.20 Å². The molecule has 10 heteroatoms. The number of thiazole rings is 1. The summed E-state index contributed by atoms with van der Waals surface area (Å²) in [5.74, 6) is 0. The normalized spacial score (nSPS) is 11.7. The second-order valence-corrected chi connectivity index (χ2v) is 7.21. The second-order valence-electron chi connectivity index (χ2n) is 4.53. The van der Waals surface area contributed by atoms with Gasteiger partial charge in [0.25, 0.3) is 15.6 Å². The zero-order chi connectivity index (χ0) is 15.9. The molecule has 0 bridgehead atoms. The van der Waals surface area contributed by atoms with Gasteiger partial charge in [-0.25, -0.2) is 18.2 Å². The number of nitrogens with zero attached hydrogens (tertiary/aromatic N) is 1. The first-order valence-electron chi connectivity index (χ1n) is 6.07. The molecule has 2 heterocycles. The van der Waals surface area contributed by atoms with Gasteiger partial charge in [0.1, 0.15) is 0 Å². The summed E-state index contributed by atoms with van der Waals surface area (Å²) < 4.78 is 27.5. The van der Waals surface area contributed by atoms with E-state index in [1.807, 2.05) is 24.0 Å². The number of sulfonamides is 1. The first kappa shape index (κ1) is 14.5. The van der Waals surface area contributed by atoms with E-state index in [1.165, 1.54) is 0 Å². The molecule has 22 heavy (non-hydrogen) atoms. The van der Waals surface area contributed by atoms with Gasteiger partial charge in [-0.15, -0.1) is 0 Å². The molecular weight excluding hydrogens is 328 g/mol. The van der Waals surface area contributed by atoms with Gasteiger partial charge in [0.05, 0.1) is 10.2 Å². The van der Waals surface area contributed by atoms with Crippen LogP contribution in [-0.4, -0.2) is 23.4 Å². The van der Waals surface area contributed by atoms with Gasteiger partial charge in [0.2, 0.25) is 0 Å². The van der Waals surface area contributed by atoms with Crippen molar-refractivity contribution in [3.8, 4) is 0 Å². The van der Waals surface area contributed by atoms with Crippen LogP contribution in [0.3, 0.4) is 0 Å². The van der Waals surface area contributed by atoms with Crippen LogP contribution < -0.4 is 16.0 Å². The van der Waals surface area contributed by atoms with Crippen LogP contribution in [0.15, 0.2) is 38.9 Å². The molecule has 0 fully saturated rings. The Kier molecular flexibility index (Phi) is 3.34. The summed E-state index contributed by atoms with van der Waals surface area (Å²) in [5, 5.41) is 0.145. The van der Waals surface area contributed by atoms with Crippen molar-refractivity contribution >= 4 is 36.7 Å². The zero-order valence-electron chi connectivity index (χ0n) is 11.2. The predicted molar refractivity (Wildman–Crippen MR) is 82.8 cm³/mol. The molecule has 0 unspecified atom stereocenters. The molecule has 0 amide bonds. The summed E-state index contributed by atoms with van der Waals surface area (Å²) in [7, 11) is -4.13. The average molecular weight is 338 g/mol. The second kappa shape index (κ2) is 5.07. The summed E-state index contributed by atoms with van der Waals surface area (Å²) in [6, 6.07) is 5.54. The number of aromatic nitrogens is 3. The summed E-state index contributed by atoms with van der Waals surface area (Å²) in [6.07, 6.45) is 0.848. The van der Waals surface area contributed by atoms with E-state index in [0.29, 0.717) is 5.52 Å². The quantitative estimate of drug-likeness (QED) is 0.651. The Labute approximate surface area is 127 Å². The van der Waals surface area contributed by atoms with Crippen molar-refractivity contribution in [3.05, 3.63) is 50.8 Å². The monoisotopic (exact) mass is 338 g/mol. The first-order valence-corrected chi connectivity index (χ1v) is 8.37. The van der Waals surface area contributed by atoms with Crippen LogP contribution in [-0.2, 0) is 10.0 Å². The fourth-order valence-corrected chi connectivity index (χ4v) is 4.05. The fourth-order valence-electron chi connectivity index (χ4n) is 1.84. The number of anilines is 1. The van der Waals surface area contributed by atoms with Gasteiger partial charge in [-0.3, -0.25) is 14.5 Å². The molecule has 3 aromatic rings. The lowest BCUT2D eigenvalue weighted by atomic mass is 10.2. The predicted octanol–water partition coefficient (Wildman–Crippen LogP) is 0.782. The van der Waals surface area contributed by atoms with Crippen molar-refractivity contribution in [3.63, 3.8) is 0 Å². The highest BCUT2D eigenvalue weighted by Gasteiger charge is 2.20. The third-order valence-electron chi connectivity index (χ3n) is 2.84. The van der Waals surface area contributed by atoms with Gasteiger partial charge in [0.15, 0.2) is 10.0 Å². The van der Waals surface area contributed by atoms with Crippen molar-refractivity contribution < 1.29 is 8.42 Å². The van der Waals surface area contributed by atoms with Crippen molar-refractivity contribution in [2.75, 3.05) is 4.72 Å². The highest BCUT2D eigenvalue weighted by atomic mass is 32.2. The number of fused-ring (bicyclic) bond motifs is 1. The van der Waals surface area contributed by atoms with Crippen LogP contribution in [0.1, 0.15) is 5.56 Å². The zero-order valence-corrected chi connectivity index (χ0v) is 12.8. The lowest BCUT2D eigenvalue weighted by Crippen LogP contribution is -2.29. The number of hydrogen-bond donors (Lipinski definition) is 3. The van der Waals surface area contributed by atoms with Crippen LogP contribution in [0.5, 0.6) is 0 Å². The first-order chi connectivity index (χ1) is 10.3. The number of aromatic amines is 2. The van der Waals surface area contributed by atoms with E-state index in [0.717, 1.165) is 27.8 Å². The Balaban J connectivity index is 2.02. The van der Waals surface area contributed by atoms with E-state index in [-0.39, 0.29) is 5.13 Å².